The number of hydrogen-bond donors (Lipinski definition) is 2. The van der Waals surface area contributed by atoms with Crippen LogP contribution in [0.5, 0.6) is 0 Å². The number of sulfone groups is 1. The highest BCUT2D eigenvalue weighted by Gasteiger charge is 2.39. The predicted molar refractivity (Wildman–Crippen MR) is 49.3 cm³/mol. The van der Waals surface area contributed by atoms with Crippen molar-refractivity contribution < 1.29 is 23.1 Å². The summed E-state index contributed by atoms with van der Waals surface area (Å²) in [5, 5.41) is 7.35. The number of nitrogens with zero attached hydrogens (tertiary/aromatic N) is 1. The number of carboxylic acid groups (broad SMARTS) is 1. The molecule has 0 radical (unpaired) electrons. The molecule has 1 aromatic rings. The van der Waals surface area contributed by atoms with Gasteiger partial charge in [0.25, 0.3) is 9.84 Å². The maximum atomic E-state index is 11.6. The molecule has 0 unspecified atom stereocenters. The molecule has 0 aliphatic carbocycles. The Morgan fingerprint density at radius 1 is 1.27 bits per heavy atom. The first-order chi connectivity index (χ1) is 7.00. The largest absolute Gasteiger partial charge is 0.542 e. The first kappa shape index (κ1) is 11.1. The number of benzene rings is 1. The molecule has 0 fully saturated rings. The van der Waals surface area contributed by atoms with Crippen LogP contribution in [0.15, 0.2) is 35.2 Å². The van der Waals surface area contributed by atoms with Crippen LogP contribution in [0.2, 0.25) is 0 Å². The summed E-state index contributed by atoms with van der Waals surface area (Å²) in [6, 6.07) is 6.98. The van der Waals surface area contributed by atoms with Crippen LogP contribution in [0.25, 0.3) is 0 Å². The van der Waals surface area contributed by atoms with E-state index in [1.165, 1.54) is 24.3 Å². The Labute approximate surface area is 85.3 Å². The molecule has 2 N–H and O–H groups in total. The van der Waals surface area contributed by atoms with Gasteiger partial charge in [0.2, 0.25) is 0 Å². The summed E-state index contributed by atoms with van der Waals surface area (Å²) in [4.78, 5) is 12.8. The van der Waals surface area contributed by atoms with Crippen LogP contribution in [0, 0.1) is 5.53 Å². The number of nitrogens with one attached hydrogen (secondary N) is 1. The Morgan fingerprint density at radius 2 is 1.80 bits per heavy atom. The normalized spacial score (nSPS) is 10.4. The zero-order valence-corrected chi connectivity index (χ0v) is 8.23. The summed E-state index contributed by atoms with van der Waals surface area (Å²) in [6.07, 6.45) is 0. The minimum Gasteiger partial charge on any atom is -0.472 e. The average Bonchev–Trinajstić information content (AvgIpc) is 2.19. The van der Waals surface area contributed by atoms with E-state index in [2.05, 4.69) is 4.79 Å². The molecule has 7 heteroatoms. The molecule has 0 amide bonds. The van der Waals surface area contributed by atoms with Gasteiger partial charge in [-0.05, 0) is 12.1 Å². The monoisotopic (exact) mass is 227 g/mol. The Bertz CT molecular complexity index is 529. The lowest BCUT2D eigenvalue weighted by molar-refractivity contribution is -0.145. The van der Waals surface area contributed by atoms with Crippen molar-refractivity contribution in [1.29, 1.82) is 5.53 Å². The van der Waals surface area contributed by atoms with Crippen molar-refractivity contribution >= 4 is 20.9 Å². The van der Waals surface area contributed by atoms with Gasteiger partial charge in [0.15, 0.2) is 0 Å². The van der Waals surface area contributed by atoms with Gasteiger partial charge in [0.1, 0.15) is 0 Å². The molecule has 0 aromatic heterocycles. The van der Waals surface area contributed by atoms with Gasteiger partial charge >= 0.3 is 11.0 Å². The number of carboxylic acids is 1. The van der Waals surface area contributed by atoms with Crippen LogP contribution in [0.1, 0.15) is 0 Å². The van der Waals surface area contributed by atoms with Gasteiger partial charge in [0, 0.05) is 0 Å². The van der Waals surface area contributed by atoms with Gasteiger partial charge in [-0.2, -0.15) is 0 Å². The molecule has 0 heterocycles. The summed E-state index contributed by atoms with van der Waals surface area (Å²) < 4.78 is 23.1. The maximum absolute atomic E-state index is 11.6. The smallest absolute Gasteiger partial charge is 0.472 e. The van der Waals surface area contributed by atoms with Crippen molar-refractivity contribution in [3.05, 3.63) is 30.3 Å². The van der Waals surface area contributed by atoms with Gasteiger partial charge in [-0.3, -0.25) is 0 Å². The average molecular weight is 227 g/mol. The minimum atomic E-state index is -4.19. The van der Waals surface area contributed by atoms with E-state index in [9.17, 15) is 13.2 Å². The van der Waals surface area contributed by atoms with E-state index in [-0.39, 0.29) is 4.90 Å². The Balaban J connectivity index is 3.39. The van der Waals surface area contributed by atoms with E-state index >= 15 is 0 Å². The molecule has 0 spiro atoms. The number of carbonyl (C=O) groups is 1. The highest BCUT2D eigenvalue weighted by Crippen LogP contribution is 2.10. The molecular formula is C8H7N2O4S+. The standard InChI is InChI=1S/C8H6N2O4S/c9-10-7(8(11)12)15(13,14)6-4-2-1-3-5-6/h1-5,9H/p+1. The van der Waals surface area contributed by atoms with Gasteiger partial charge in [-0.1, -0.05) is 18.2 Å². The summed E-state index contributed by atoms with van der Waals surface area (Å²) in [7, 11) is -4.19. The zero-order valence-electron chi connectivity index (χ0n) is 7.41. The number of rotatable bonds is 1. The fourth-order valence-electron chi connectivity index (χ4n) is 0.934. The summed E-state index contributed by atoms with van der Waals surface area (Å²) >= 11 is 0. The molecule has 0 saturated heterocycles. The lowest BCUT2D eigenvalue weighted by Crippen LogP contribution is -2.25. The number of hydrogen-bond acceptors (Lipinski definition) is 4. The first-order valence-corrected chi connectivity index (χ1v) is 5.26. The fourth-order valence-corrected chi connectivity index (χ4v) is 2.02. The molecule has 0 saturated carbocycles. The van der Waals surface area contributed by atoms with Crippen LogP contribution in [-0.2, 0) is 14.6 Å². The first-order valence-electron chi connectivity index (χ1n) is 3.78. The Morgan fingerprint density at radius 3 is 2.20 bits per heavy atom. The predicted octanol–water partition coefficient (Wildman–Crippen LogP) is 0.183. The van der Waals surface area contributed by atoms with Crippen LogP contribution in [-0.4, -0.2) is 29.3 Å². The second-order valence-corrected chi connectivity index (χ2v) is 4.40. The maximum Gasteiger partial charge on any atom is 0.542 e. The Kier molecular flexibility index (Phi) is 2.99. The third-order valence-corrected chi connectivity index (χ3v) is 3.26. The van der Waals surface area contributed by atoms with E-state index in [1.54, 1.807) is 6.07 Å². The number of aliphatic carboxylic acids is 1. The van der Waals surface area contributed by atoms with E-state index in [4.69, 9.17) is 10.6 Å². The third kappa shape index (κ3) is 2.09. The van der Waals surface area contributed by atoms with E-state index in [1.807, 2.05) is 0 Å². The summed E-state index contributed by atoms with van der Waals surface area (Å²) in [5.41, 5.74) is 6.52. The second-order valence-electron chi connectivity index (χ2n) is 2.54. The zero-order chi connectivity index (χ0) is 11.5. The van der Waals surface area contributed by atoms with Gasteiger partial charge < -0.3 is 5.11 Å². The van der Waals surface area contributed by atoms with Crippen molar-refractivity contribution in [3.8, 4) is 0 Å². The van der Waals surface area contributed by atoms with Crippen LogP contribution in [0.4, 0.5) is 0 Å². The second kappa shape index (κ2) is 4.04. The van der Waals surface area contributed by atoms with Crippen molar-refractivity contribution in [1.82, 2.24) is 0 Å². The van der Waals surface area contributed by atoms with Gasteiger partial charge in [-0.15, -0.1) is 0 Å². The third-order valence-electron chi connectivity index (χ3n) is 1.59. The fraction of sp³-hybridized carbons (Fsp3) is 0. The van der Waals surface area contributed by atoms with Crippen LogP contribution < -0.4 is 0 Å². The molecule has 15 heavy (non-hydrogen) atoms. The summed E-state index contributed by atoms with van der Waals surface area (Å²) in [6.45, 7) is 0. The van der Waals surface area contributed by atoms with Crippen LogP contribution in [0.3, 0.4) is 0 Å². The van der Waals surface area contributed by atoms with E-state index < -0.39 is 20.9 Å². The molecule has 0 aliphatic rings. The quantitative estimate of drug-likeness (QED) is 0.308. The Hall–Kier alpha value is -1.98. The van der Waals surface area contributed by atoms with Crippen molar-refractivity contribution in [2.24, 2.45) is 0 Å². The highest BCUT2D eigenvalue weighted by atomic mass is 32.2. The minimum absolute atomic E-state index is 0.196. The molecule has 0 atom stereocenters. The van der Waals surface area contributed by atoms with Crippen molar-refractivity contribution in [2.45, 2.75) is 4.90 Å². The molecule has 78 valence electrons. The molecule has 1 rings (SSSR count). The van der Waals surface area contributed by atoms with Crippen molar-refractivity contribution in [2.75, 3.05) is 0 Å². The molecule has 0 bridgehead atoms. The molecule has 6 nitrogen and oxygen atoms in total. The van der Waals surface area contributed by atoms with Gasteiger partial charge in [-0.25, -0.2) is 13.2 Å². The lowest BCUT2D eigenvalue weighted by atomic mass is 10.4. The SMILES string of the molecule is N=[N+]=C(C(=O)O)S(=O)(=O)c1ccccc1. The van der Waals surface area contributed by atoms with E-state index in [0.717, 1.165) is 0 Å². The lowest BCUT2D eigenvalue weighted by Gasteiger charge is -1.94. The summed E-state index contributed by atoms with van der Waals surface area (Å²) in [5.74, 6) is -1.74. The topological polar surface area (TPSA) is 109 Å². The molecular weight excluding hydrogens is 220 g/mol. The van der Waals surface area contributed by atoms with Crippen molar-refractivity contribution in [3.63, 3.8) is 0 Å². The van der Waals surface area contributed by atoms with E-state index in [0.29, 0.717) is 0 Å². The van der Waals surface area contributed by atoms with Gasteiger partial charge in [0.05, 0.1) is 15.2 Å². The molecule has 1 aromatic carbocycles. The van der Waals surface area contributed by atoms with Crippen LogP contribution >= 0.6 is 0 Å². The highest BCUT2D eigenvalue weighted by molar-refractivity contribution is 8.08. The molecule has 0 aliphatic heterocycles.